The molecule has 0 aromatic heterocycles. The minimum absolute atomic E-state index is 0.267. The lowest BCUT2D eigenvalue weighted by molar-refractivity contribution is 0.0397. The van der Waals surface area contributed by atoms with Gasteiger partial charge in [0.05, 0.1) is 12.7 Å². The SMILES string of the molecule is CC(C)NCC(OCC=Cc1ccccc1)C(C)C. The molecule has 1 N–H and O–H groups in total. The Labute approximate surface area is 117 Å². The van der Waals surface area contributed by atoms with Crippen molar-refractivity contribution in [2.24, 2.45) is 5.92 Å². The largest absolute Gasteiger partial charge is 0.373 e. The van der Waals surface area contributed by atoms with E-state index in [-0.39, 0.29) is 6.10 Å². The molecule has 0 saturated heterocycles. The summed E-state index contributed by atoms with van der Waals surface area (Å²) in [4.78, 5) is 0. The molecule has 1 aromatic carbocycles. The highest BCUT2D eigenvalue weighted by atomic mass is 16.5. The van der Waals surface area contributed by atoms with E-state index in [2.05, 4.69) is 57.3 Å². The Balaban J connectivity index is 2.34. The molecule has 1 atom stereocenters. The predicted octanol–water partition coefficient (Wildman–Crippen LogP) is 3.74. The standard InChI is InChI=1S/C17H27NO/c1-14(2)17(13-18-15(3)4)19-12-8-11-16-9-6-5-7-10-16/h5-11,14-15,17-18H,12-13H2,1-4H3. The first kappa shape index (κ1) is 15.9. The molecule has 0 saturated carbocycles. The van der Waals surface area contributed by atoms with E-state index in [1.807, 2.05) is 18.2 Å². The second-order valence-corrected chi connectivity index (χ2v) is 5.49. The van der Waals surface area contributed by atoms with E-state index in [0.29, 0.717) is 18.6 Å². The number of nitrogens with one attached hydrogen (secondary N) is 1. The van der Waals surface area contributed by atoms with Gasteiger partial charge in [0.1, 0.15) is 0 Å². The van der Waals surface area contributed by atoms with Crippen molar-refractivity contribution in [1.29, 1.82) is 0 Å². The Hall–Kier alpha value is -1.12. The van der Waals surface area contributed by atoms with Crippen molar-refractivity contribution in [3.63, 3.8) is 0 Å². The Morgan fingerprint density at radius 2 is 1.79 bits per heavy atom. The zero-order chi connectivity index (χ0) is 14.1. The molecule has 1 rings (SSSR count). The summed E-state index contributed by atoms with van der Waals surface area (Å²) in [7, 11) is 0. The fraction of sp³-hybridized carbons (Fsp3) is 0.529. The number of hydrogen-bond acceptors (Lipinski definition) is 2. The lowest BCUT2D eigenvalue weighted by Gasteiger charge is -2.22. The van der Waals surface area contributed by atoms with Crippen molar-refractivity contribution in [3.05, 3.63) is 42.0 Å². The smallest absolute Gasteiger partial charge is 0.0726 e. The van der Waals surface area contributed by atoms with E-state index < -0.39 is 0 Å². The quantitative estimate of drug-likeness (QED) is 0.769. The van der Waals surface area contributed by atoms with Crippen LogP contribution in [-0.4, -0.2) is 25.3 Å². The van der Waals surface area contributed by atoms with Crippen LogP contribution < -0.4 is 5.32 Å². The maximum absolute atomic E-state index is 5.93. The van der Waals surface area contributed by atoms with Crippen molar-refractivity contribution in [2.75, 3.05) is 13.2 Å². The van der Waals surface area contributed by atoms with Gasteiger partial charge in [-0.1, -0.05) is 70.2 Å². The molecule has 1 unspecified atom stereocenters. The third kappa shape index (κ3) is 7.14. The molecule has 0 amide bonds. The van der Waals surface area contributed by atoms with Crippen LogP contribution >= 0.6 is 0 Å². The summed E-state index contributed by atoms with van der Waals surface area (Å²) in [5, 5.41) is 3.44. The zero-order valence-electron chi connectivity index (χ0n) is 12.6. The lowest BCUT2D eigenvalue weighted by Crippen LogP contribution is -2.36. The Bertz CT molecular complexity index is 357. The third-order valence-corrected chi connectivity index (χ3v) is 2.99. The summed E-state index contributed by atoms with van der Waals surface area (Å²) in [6.45, 7) is 10.3. The number of benzene rings is 1. The van der Waals surface area contributed by atoms with Gasteiger partial charge in [-0.3, -0.25) is 0 Å². The second kappa shape index (κ2) is 8.89. The van der Waals surface area contributed by atoms with E-state index in [1.54, 1.807) is 0 Å². The Morgan fingerprint density at radius 3 is 2.37 bits per heavy atom. The second-order valence-electron chi connectivity index (χ2n) is 5.49. The van der Waals surface area contributed by atoms with Gasteiger partial charge in [0.15, 0.2) is 0 Å². The molecule has 2 nitrogen and oxygen atoms in total. The van der Waals surface area contributed by atoms with Crippen LogP contribution in [0.2, 0.25) is 0 Å². The molecule has 0 fully saturated rings. The summed E-state index contributed by atoms with van der Waals surface area (Å²) in [6.07, 6.45) is 4.45. The van der Waals surface area contributed by atoms with E-state index in [9.17, 15) is 0 Å². The van der Waals surface area contributed by atoms with Crippen LogP contribution in [0.25, 0.3) is 6.08 Å². The Morgan fingerprint density at radius 1 is 1.11 bits per heavy atom. The Kier molecular flexibility index (Phi) is 7.46. The summed E-state index contributed by atoms with van der Waals surface area (Å²) in [5.74, 6) is 0.524. The van der Waals surface area contributed by atoms with Gasteiger partial charge in [0.25, 0.3) is 0 Å². The minimum atomic E-state index is 0.267. The van der Waals surface area contributed by atoms with Gasteiger partial charge in [0.2, 0.25) is 0 Å². The van der Waals surface area contributed by atoms with Gasteiger partial charge in [-0.15, -0.1) is 0 Å². The monoisotopic (exact) mass is 261 g/mol. The molecule has 0 bridgehead atoms. The fourth-order valence-electron chi connectivity index (χ4n) is 1.77. The fourth-order valence-corrected chi connectivity index (χ4v) is 1.77. The van der Waals surface area contributed by atoms with Gasteiger partial charge < -0.3 is 10.1 Å². The minimum Gasteiger partial charge on any atom is -0.373 e. The average Bonchev–Trinajstić information content (AvgIpc) is 2.38. The van der Waals surface area contributed by atoms with E-state index >= 15 is 0 Å². The van der Waals surface area contributed by atoms with Crippen molar-refractivity contribution in [3.8, 4) is 0 Å². The molecule has 0 heterocycles. The van der Waals surface area contributed by atoms with E-state index in [4.69, 9.17) is 4.74 Å². The highest BCUT2D eigenvalue weighted by Gasteiger charge is 2.13. The summed E-state index contributed by atoms with van der Waals surface area (Å²) in [5.41, 5.74) is 1.22. The van der Waals surface area contributed by atoms with Gasteiger partial charge in [-0.2, -0.15) is 0 Å². The van der Waals surface area contributed by atoms with E-state index in [0.717, 1.165) is 6.54 Å². The van der Waals surface area contributed by atoms with Gasteiger partial charge in [-0.25, -0.2) is 0 Å². The normalized spacial score (nSPS) is 13.6. The molecule has 0 aliphatic rings. The average molecular weight is 261 g/mol. The van der Waals surface area contributed by atoms with Crippen LogP contribution in [-0.2, 0) is 4.74 Å². The maximum atomic E-state index is 5.93. The molecular formula is C17H27NO. The van der Waals surface area contributed by atoms with Crippen molar-refractivity contribution < 1.29 is 4.74 Å². The van der Waals surface area contributed by atoms with Crippen LogP contribution in [0.1, 0.15) is 33.3 Å². The third-order valence-electron chi connectivity index (χ3n) is 2.99. The first-order valence-corrected chi connectivity index (χ1v) is 7.16. The van der Waals surface area contributed by atoms with Crippen molar-refractivity contribution in [2.45, 2.75) is 39.8 Å². The molecule has 0 aliphatic carbocycles. The van der Waals surface area contributed by atoms with Gasteiger partial charge in [0, 0.05) is 12.6 Å². The molecule has 0 radical (unpaired) electrons. The molecule has 19 heavy (non-hydrogen) atoms. The van der Waals surface area contributed by atoms with Gasteiger partial charge in [-0.05, 0) is 11.5 Å². The maximum Gasteiger partial charge on any atom is 0.0726 e. The summed E-state index contributed by atoms with van der Waals surface area (Å²) in [6, 6.07) is 10.8. The molecular weight excluding hydrogens is 234 g/mol. The van der Waals surface area contributed by atoms with Crippen LogP contribution in [0.3, 0.4) is 0 Å². The number of hydrogen-bond donors (Lipinski definition) is 1. The molecule has 0 spiro atoms. The van der Waals surface area contributed by atoms with Crippen LogP contribution in [0.4, 0.5) is 0 Å². The highest BCUT2D eigenvalue weighted by Crippen LogP contribution is 2.07. The molecule has 1 aromatic rings. The van der Waals surface area contributed by atoms with Crippen LogP contribution in [0.15, 0.2) is 36.4 Å². The van der Waals surface area contributed by atoms with Gasteiger partial charge >= 0.3 is 0 Å². The first-order valence-electron chi connectivity index (χ1n) is 7.16. The zero-order valence-corrected chi connectivity index (χ0v) is 12.6. The summed E-state index contributed by atoms with van der Waals surface area (Å²) < 4.78 is 5.93. The van der Waals surface area contributed by atoms with Crippen LogP contribution in [0, 0.1) is 5.92 Å². The van der Waals surface area contributed by atoms with Crippen molar-refractivity contribution >= 4 is 6.08 Å². The topological polar surface area (TPSA) is 21.3 Å². The molecule has 106 valence electrons. The first-order chi connectivity index (χ1) is 9.09. The number of ether oxygens (including phenoxy) is 1. The lowest BCUT2D eigenvalue weighted by atomic mass is 10.1. The van der Waals surface area contributed by atoms with Crippen molar-refractivity contribution in [1.82, 2.24) is 5.32 Å². The predicted molar refractivity (Wildman–Crippen MR) is 83.2 cm³/mol. The van der Waals surface area contributed by atoms with E-state index in [1.165, 1.54) is 5.56 Å². The number of rotatable bonds is 8. The summed E-state index contributed by atoms with van der Waals surface area (Å²) >= 11 is 0. The van der Waals surface area contributed by atoms with Crippen LogP contribution in [0.5, 0.6) is 0 Å². The highest BCUT2D eigenvalue weighted by molar-refractivity contribution is 5.48. The molecule has 2 heteroatoms. The molecule has 0 aliphatic heterocycles.